The summed E-state index contributed by atoms with van der Waals surface area (Å²) in [5.74, 6) is -2.75. The molecule has 8 N–H and O–H groups in total. The zero-order valence-electron chi connectivity index (χ0n) is 31.9. The van der Waals surface area contributed by atoms with Gasteiger partial charge in [-0.25, -0.2) is 63.6 Å². The first-order valence-electron chi connectivity index (χ1n) is 16.1. The van der Waals surface area contributed by atoms with E-state index >= 15 is 0 Å². The van der Waals surface area contributed by atoms with Crippen LogP contribution in [-0.2, 0) is 57.5 Å². The van der Waals surface area contributed by atoms with Crippen molar-refractivity contribution in [3.05, 3.63) is 96.3 Å². The molecule has 61 heavy (non-hydrogen) atoms. The third-order valence-corrected chi connectivity index (χ3v) is 11.4. The van der Waals surface area contributed by atoms with Gasteiger partial charge in [0.2, 0.25) is 40.1 Å². The summed E-state index contributed by atoms with van der Waals surface area (Å²) < 4.78 is 93.6. The normalized spacial score (nSPS) is 12.3. The SMILES string of the molecule is Cc1nn(-c2cccc(S(N)(=O)=O)c2)c([O-])c1N=Nc1cc(S(N)(=O)=O)ccc1[O-].Cc1nn(-c2cccc(S(N)(=O)=O)c2)c([O-])c1N=Nc1cc(S(N)(=O)=O)ccc1[O-].[Cr+3].[H+]. The van der Waals surface area contributed by atoms with Crippen LogP contribution in [0.4, 0.5) is 22.7 Å². The van der Waals surface area contributed by atoms with Crippen molar-refractivity contribution in [2.75, 3.05) is 0 Å². The third kappa shape index (κ3) is 11.2. The molecule has 0 aliphatic carbocycles. The van der Waals surface area contributed by atoms with Crippen LogP contribution in [0, 0.1) is 13.8 Å². The molecular formula is C32H29CrN12O12S4. The predicted molar refractivity (Wildman–Crippen MR) is 202 cm³/mol. The Morgan fingerprint density at radius 1 is 0.492 bits per heavy atom. The van der Waals surface area contributed by atoms with Crippen LogP contribution in [-0.4, -0.2) is 53.2 Å². The van der Waals surface area contributed by atoms with Crippen LogP contribution in [0.2, 0.25) is 0 Å². The van der Waals surface area contributed by atoms with Gasteiger partial charge in [0.15, 0.2) is 0 Å². The minimum absolute atomic E-state index is 0. The van der Waals surface area contributed by atoms with E-state index in [1.165, 1.54) is 50.2 Å². The van der Waals surface area contributed by atoms with Crippen molar-refractivity contribution >= 4 is 62.8 Å². The van der Waals surface area contributed by atoms with E-state index in [-0.39, 0.29) is 83.9 Å². The Morgan fingerprint density at radius 2 is 0.803 bits per heavy atom. The smallest absolute Gasteiger partial charge is 0.871 e. The number of hydrogen-bond donors (Lipinski definition) is 4. The van der Waals surface area contributed by atoms with Gasteiger partial charge in [0, 0.05) is 11.8 Å². The van der Waals surface area contributed by atoms with Crippen LogP contribution in [0.3, 0.4) is 0 Å². The molecule has 0 aliphatic rings. The van der Waals surface area contributed by atoms with Crippen molar-refractivity contribution in [2.24, 2.45) is 41.0 Å². The molecule has 0 amide bonds. The molecule has 0 aliphatic heterocycles. The summed E-state index contributed by atoms with van der Waals surface area (Å²) >= 11 is 0. The second-order valence-corrected chi connectivity index (χ2v) is 18.4. The summed E-state index contributed by atoms with van der Waals surface area (Å²) in [5, 5.41) is 92.1. The number of azo groups is 2. The van der Waals surface area contributed by atoms with Gasteiger partial charge in [0.1, 0.15) is 11.4 Å². The third-order valence-electron chi connectivity index (χ3n) is 7.79. The number of nitrogens with two attached hydrogens (primary N) is 4. The molecule has 319 valence electrons. The van der Waals surface area contributed by atoms with Crippen LogP contribution in [0.1, 0.15) is 12.8 Å². The van der Waals surface area contributed by atoms with Gasteiger partial charge in [0.05, 0.1) is 53.7 Å². The molecule has 1 radical (unpaired) electrons. The van der Waals surface area contributed by atoms with Crippen LogP contribution in [0.15, 0.2) is 125 Å². The molecule has 24 nitrogen and oxygen atoms in total. The van der Waals surface area contributed by atoms with Gasteiger partial charge in [-0.05, 0) is 74.5 Å². The molecular weight excluding hydrogens is 925 g/mol. The van der Waals surface area contributed by atoms with Gasteiger partial charge < -0.3 is 20.4 Å². The van der Waals surface area contributed by atoms with Crippen molar-refractivity contribution in [2.45, 2.75) is 33.4 Å². The molecule has 0 unspecified atom stereocenters. The topological polar surface area (TPSA) is 418 Å². The zero-order chi connectivity index (χ0) is 44.5. The summed E-state index contributed by atoms with van der Waals surface area (Å²) in [7, 11) is -16.1. The number of benzene rings is 4. The van der Waals surface area contributed by atoms with Crippen LogP contribution < -0.4 is 41.0 Å². The molecule has 29 heteroatoms. The minimum atomic E-state index is -4.07. The molecule has 0 saturated heterocycles. The molecule has 6 rings (SSSR count). The Bertz CT molecular complexity index is 2990. The van der Waals surface area contributed by atoms with Gasteiger partial charge in [-0.3, -0.25) is 0 Å². The summed E-state index contributed by atoms with van der Waals surface area (Å²) in [4.78, 5) is -1.12. The van der Waals surface area contributed by atoms with Crippen molar-refractivity contribution in [3.8, 4) is 34.6 Å². The molecule has 0 bridgehead atoms. The fourth-order valence-corrected chi connectivity index (χ4v) is 7.05. The van der Waals surface area contributed by atoms with E-state index in [1.807, 2.05) is 0 Å². The number of rotatable bonds is 10. The van der Waals surface area contributed by atoms with Crippen molar-refractivity contribution in [1.82, 2.24) is 19.6 Å². The largest absolute Gasteiger partial charge is 3.00 e. The van der Waals surface area contributed by atoms with Crippen LogP contribution in [0.5, 0.6) is 23.3 Å². The van der Waals surface area contributed by atoms with Crippen molar-refractivity contribution < 1.29 is 72.9 Å². The summed E-state index contributed by atoms with van der Waals surface area (Å²) in [6.45, 7) is 2.91. The standard InChI is InChI=1S/2C16H16N6O6S2.Cr/c2*1-9-15(20-19-13-8-12(30(18,27)28)5-6-14(13)23)16(24)22(21-9)10-3-2-4-11(7-10)29(17,25)26;/h2*2-8,23-24H,1H3,(H2,17,25,26)(H2,18,27,28);/q;;+3/p-3. The summed E-state index contributed by atoms with van der Waals surface area (Å²) in [6, 6.07) is 16.3. The van der Waals surface area contributed by atoms with Crippen molar-refractivity contribution in [3.63, 3.8) is 0 Å². The second kappa shape index (κ2) is 17.8. The minimum Gasteiger partial charge on any atom is -0.871 e. The van der Waals surface area contributed by atoms with Gasteiger partial charge in [-0.1, -0.05) is 35.8 Å². The van der Waals surface area contributed by atoms with Gasteiger partial charge in [-0.15, -0.1) is 10.2 Å². The fourth-order valence-electron chi connectivity index (χ4n) is 4.87. The maximum Gasteiger partial charge on any atom is 3.00 e. The Labute approximate surface area is 358 Å². The molecule has 0 saturated carbocycles. The maximum atomic E-state index is 12.7. The van der Waals surface area contributed by atoms with Gasteiger partial charge in [0.25, 0.3) is 0 Å². The van der Waals surface area contributed by atoms with E-state index in [1.54, 1.807) is 0 Å². The molecule has 6 aromatic rings. The first kappa shape index (κ1) is 47.5. The van der Waals surface area contributed by atoms with E-state index in [0.29, 0.717) is 0 Å². The Balaban J connectivity index is 0.000000320. The van der Waals surface area contributed by atoms with Gasteiger partial charge >= 0.3 is 18.8 Å². The monoisotopic (exact) mass is 953 g/mol. The van der Waals surface area contributed by atoms with E-state index in [2.05, 4.69) is 30.7 Å². The molecule has 4 aromatic carbocycles. The number of aryl methyl sites for hydroxylation is 2. The fraction of sp³-hybridized carbons (Fsp3) is 0.0625. The molecule has 2 heterocycles. The predicted octanol–water partition coefficient (Wildman–Crippen LogP) is 0.186. The maximum absolute atomic E-state index is 12.7. The van der Waals surface area contributed by atoms with E-state index < -0.39 is 63.4 Å². The number of hydrogen-bond acceptors (Lipinski definition) is 18. The van der Waals surface area contributed by atoms with Crippen LogP contribution >= 0.6 is 0 Å². The van der Waals surface area contributed by atoms with E-state index in [0.717, 1.165) is 57.9 Å². The molecule has 0 spiro atoms. The summed E-state index contributed by atoms with van der Waals surface area (Å²) in [5.41, 5.74) is -0.616. The summed E-state index contributed by atoms with van der Waals surface area (Å²) in [6.07, 6.45) is 0. The molecule has 2 aromatic heterocycles. The van der Waals surface area contributed by atoms with Gasteiger partial charge in [-0.2, -0.15) is 20.4 Å². The van der Waals surface area contributed by atoms with E-state index in [4.69, 9.17) is 20.6 Å². The average molecular weight is 954 g/mol. The first-order chi connectivity index (χ1) is 27.8. The van der Waals surface area contributed by atoms with Crippen molar-refractivity contribution in [1.29, 1.82) is 0 Å². The Morgan fingerprint density at radius 3 is 1.11 bits per heavy atom. The molecule has 0 fully saturated rings. The van der Waals surface area contributed by atoms with Crippen LogP contribution in [0.25, 0.3) is 11.4 Å². The molecule has 0 atom stereocenters. The Hall–Kier alpha value is -6.13. The Kier molecular flexibility index (Phi) is 13.9. The number of sulfonamides is 4. The zero-order valence-corrected chi connectivity index (χ0v) is 35.5. The number of aromatic nitrogens is 4. The number of nitrogens with zero attached hydrogens (tertiary/aromatic N) is 8. The first-order valence-corrected chi connectivity index (χ1v) is 22.2. The van der Waals surface area contributed by atoms with E-state index in [9.17, 15) is 54.1 Å². The second-order valence-electron chi connectivity index (χ2n) is 12.1. The average Bonchev–Trinajstić information content (AvgIpc) is 3.61. The number of primary sulfonamides is 4. The quantitative estimate of drug-likeness (QED) is 0.133.